The maximum atomic E-state index is 11.8. The number of carbonyl (C=O) groups excluding carboxylic acids is 1. The van der Waals surface area contributed by atoms with Gasteiger partial charge in [0.1, 0.15) is 0 Å². The van der Waals surface area contributed by atoms with Gasteiger partial charge in [0, 0.05) is 24.2 Å². The Hall–Kier alpha value is -1.94. The largest absolute Gasteiger partial charge is 0.277 e. The predicted molar refractivity (Wildman–Crippen MR) is 60.8 cm³/mol. The Balaban J connectivity index is 2.43. The molecule has 0 atom stereocenters. The standard InChI is InChI=1S/C12H12N2O2/c1-14(16-2)12(15)10-6-5-9-4-3-7-13-11(9)8-10/h3-8H,1-2H3. The minimum absolute atomic E-state index is 0.185. The fourth-order valence-electron chi connectivity index (χ4n) is 1.46. The zero-order valence-electron chi connectivity index (χ0n) is 9.18. The molecule has 0 fully saturated rings. The zero-order valence-corrected chi connectivity index (χ0v) is 9.18. The Kier molecular flexibility index (Phi) is 2.83. The van der Waals surface area contributed by atoms with E-state index in [-0.39, 0.29) is 5.91 Å². The number of hydrogen-bond acceptors (Lipinski definition) is 3. The van der Waals surface area contributed by atoms with Crippen molar-refractivity contribution in [1.29, 1.82) is 0 Å². The summed E-state index contributed by atoms with van der Waals surface area (Å²) in [5.74, 6) is -0.185. The van der Waals surface area contributed by atoms with E-state index in [1.54, 1.807) is 25.4 Å². The summed E-state index contributed by atoms with van der Waals surface area (Å²) in [7, 11) is 3.03. The van der Waals surface area contributed by atoms with Crippen LogP contribution in [0.3, 0.4) is 0 Å². The van der Waals surface area contributed by atoms with E-state index < -0.39 is 0 Å². The van der Waals surface area contributed by atoms with Crippen LogP contribution in [-0.4, -0.2) is 30.1 Å². The first-order valence-electron chi connectivity index (χ1n) is 4.89. The number of rotatable bonds is 2. The van der Waals surface area contributed by atoms with Gasteiger partial charge in [-0.15, -0.1) is 0 Å². The van der Waals surface area contributed by atoms with E-state index in [1.165, 1.54) is 12.2 Å². The number of benzene rings is 1. The first kappa shape index (κ1) is 10.6. The third kappa shape index (κ3) is 1.87. The van der Waals surface area contributed by atoms with Gasteiger partial charge in [0.2, 0.25) is 0 Å². The molecule has 0 aliphatic rings. The molecule has 0 spiro atoms. The number of pyridine rings is 1. The highest BCUT2D eigenvalue weighted by atomic mass is 16.7. The average Bonchev–Trinajstić information content (AvgIpc) is 2.36. The average molecular weight is 216 g/mol. The Morgan fingerprint density at radius 2 is 2.19 bits per heavy atom. The van der Waals surface area contributed by atoms with E-state index in [1.807, 2.05) is 18.2 Å². The lowest BCUT2D eigenvalue weighted by Crippen LogP contribution is -2.25. The molecule has 4 nitrogen and oxygen atoms in total. The normalized spacial score (nSPS) is 10.4. The smallest absolute Gasteiger partial charge is 0.274 e. The summed E-state index contributed by atoms with van der Waals surface area (Å²) in [6, 6.07) is 9.22. The first-order valence-corrected chi connectivity index (χ1v) is 4.89. The number of fused-ring (bicyclic) bond motifs is 1. The highest BCUT2D eigenvalue weighted by Crippen LogP contribution is 2.14. The van der Waals surface area contributed by atoms with Gasteiger partial charge in [-0.05, 0) is 18.2 Å². The lowest BCUT2D eigenvalue weighted by atomic mass is 10.1. The monoisotopic (exact) mass is 216 g/mol. The second-order valence-corrected chi connectivity index (χ2v) is 3.40. The molecule has 1 heterocycles. The van der Waals surface area contributed by atoms with Crippen LogP contribution in [0.2, 0.25) is 0 Å². The molecule has 2 rings (SSSR count). The molecule has 82 valence electrons. The maximum absolute atomic E-state index is 11.8. The van der Waals surface area contributed by atoms with Crippen molar-refractivity contribution in [3.8, 4) is 0 Å². The molecule has 4 heteroatoms. The van der Waals surface area contributed by atoms with Crippen molar-refractivity contribution in [2.45, 2.75) is 0 Å². The van der Waals surface area contributed by atoms with Gasteiger partial charge >= 0.3 is 0 Å². The third-order valence-corrected chi connectivity index (χ3v) is 2.41. The molecule has 0 N–H and O–H groups in total. The van der Waals surface area contributed by atoms with E-state index in [4.69, 9.17) is 4.84 Å². The molecule has 16 heavy (non-hydrogen) atoms. The van der Waals surface area contributed by atoms with E-state index in [9.17, 15) is 4.79 Å². The Bertz CT molecular complexity index is 525. The minimum Gasteiger partial charge on any atom is -0.274 e. The first-order chi connectivity index (χ1) is 7.72. The summed E-state index contributed by atoms with van der Waals surface area (Å²) < 4.78 is 0. The molecule has 0 bridgehead atoms. The number of aromatic nitrogens is 1. The molecule has 0 radical (unpaired) electrons. The Morgan fingerprint density at radius 3 is 2.94 bits per heavy atom. The molecular formula is C12H12N2O2. The Labute approximate surface area is 93.4 Å². The Morgan fingerprint density at radius 1 is 1.38 bits per heavy atom. The summed E-state index contributed by atoms with van der Waals surface area (Å²) in [5, 5.41) is 2.20. The van der Waals surface area contributed by atoms with Crippen LogP contribution in [0, 0.1) is 0 Å². The summed E-state index contributed by atoms with van der Waals surface area (Å²) in [6.07, 6.45) is 1.70. The minimum atomic E-state index is -0.185. The fourth-order valence-corrected chi connectivity index (χ4v) is 1.46. The van der Waals surface area contributed by atoms with Gasteiger partial charge in [-0.25, -0.2) is 5.06 Å². The van der Waals surface area contributed by atoms with Gasteiger partial charge in [0.25, 0.3) is 5.91 Å². The van der Waals surface area contributed by atoms with Crippen molar-refractivity contribution in [3.63, 3.8) is 0 Å². The molecule has 1 amide bonds. The van der Waals surface area contributed by atoms with Crippen LogP contribution in [0.1, 0.15) is 10.4 Å². The molecule has 0 aliphatic heterocycles. The van der Waals surface area contributed by atoms with Crippen LogP contribution in [-0.2, 0) is 4.84 Å². The lowest BCUT2D eigenvalue weighted by Gasteiger charge is -2.13. The summed E-state index contributed by atoms with van der Waals surface area (Å²) >= 11 is 0. The van der Waals surface area contributed by atoms with E-state index in [2.05, 4.69) is 4.98 Å². The summed E-state index contributed by atoms with van der Waals surface area (Å²) in [5.41, 5.74) is 1.37. The van der Waals surface area contributed by atoms with Gasteiger partial charge in [-0.3, -0.25) is 14.6 Å². The lowest BCUT2D eigenvalue weighted by molar-refractivity contribution is -0.0756. The molecule has 0 aliphatic carbocycles. The second-order valence-electron chi connectivity index (χ2n) is 3.40. The molecule has 0 saturated carbocycles. The van der Waals surface area contributed by atoms with Gasteiger partial charge in [0.15, 0.2) is 0 Å². The van der Waals surface area contributed by atoms with Gasteiger partial charge in [-0.1, -0.05) is 12.1 Å². The van der Waals surface area contributed by atoms with Crippen molar-refractivity contribution < 1.29 is 9.63 Å². The fraction of sp³-hybridized carbons (Fsp3) is 0.167. The highest BCUT2D eigenvalue weighted by Gasteiger charge is 2.11. The van der Waals surface area contributed by atoms with Crippen LogP contribution >= 0.6 is 0 Å². The SMILES string of the molecule is CON(C)C(=O)c1ccc2cccnc2c1. The third-order valence-electron chi connectivity index (χ3n) is 2.41. The number of carbonyl (C=O) groups is 1. The van der Waals surface area contributed by atoms with Crippen molar-refractivity contribution in [2.75, 3.05) is 14.2 Å². The quantitative estimate of drug-likeness (QED) is 0.720. The number of amides is 1. The second kappa shape index (κ2) is 4.28. The van der Waals surface area contributed by atoms with Crippen LogP contribution in [0.5, 0.6) is 0 Å². The van der Waals surface area contributed by atoms with E-state index in [0.717, 1.165) is 10.9 Å². The predicted octanol–water partition coefficient (Wildman–Crippen LogP) is 1.87. The van der Waals surface area contributed by atoms with Crippen molar-refractivity contribution in [1.82, 2.24) is 10.0 Å². The van der Waals surface area contributed by atoms with Crippen molar-refractivity contribution in [2.24, 2.45) is 0 Å². The van der Waals surface area contributed by atoms with Crippen molar-refractivity contribution in [3.05, 3.63) is 42.1 Å². The molecule has 2 aromatic rings. The molecule has 1 aromatic carbocycles. The maximum Gasteiger partial charge on any atom is 0.277 e. The van der Waals surface area contributed by atoms with Crippen LogP contribution in [0.4, 0.5) is 0 Å². The van der Waals surface area contributed by atoms with Crippen LogP contribution < -0.4 is 0 Å². The van der Waals surface area contributed by atoms with Crippen molar-refractivity contribution >= 4 is 16.8 Å². The molecule has 0 saturated heterocycles. The van der Waals surface area contributed by atoms with Gasteiger partial charge < -0.3 is 0 Å². The van der Waals surface area contributed by atoms with E-state index >= 15 is 0 Å². The number of hydroxylamine groups is 2. The number of hydrogen-bond donors (Lipinski definition) is 0. The molecule has 0 unspecified atom stereocenters. The highest BCUT2D eigenvalue weighted by molar-refractivity contribution is 5.97. The van der Waals surface area contributed by atoms with E-state index in [0.29, 0.717) is 5.56 Å². The van der Waals surface area contributed by atoms with Gasteiger partial charge in [0.05, 0.1) is 12.6 Å². The molecule has 1 aromatic heterocycles. The van der Waals surface area contributed by atoms with Gasteiger partial charge in [-0.2, -0.15) is 0 Å². The summed E-state index contributed by atoms with van der Waals surface area (Å²) in [6.45, 7) is 0. The summed E-state index contributed by atoms with van der Waals surface area (Å²) in [4.78, 5) is 20.8. The van der Waals surface area contributed by atoms with Crippen LogP contribution in [0.15, 0.2) is 36.5 Å². The number of nitrogens with zero attached hydrogens (tertiary/aromatic N) is 2. The zero-order chi connectivity index (χ0) is 11.5. The topological polar surface area (TPSA) is 42.4 Å². The molecular weight excluding hydrogens is 204 g/mol. The van der Waals surface area contributed by atoms with Crippen LogP contribution in [0.25, 0.3) is 10.9 Å².